The number of hydrogen-bond donors (Lipinski definition) is 1. The molecule has 1 N–H and O–H groups in total. The summed E-state index contributed by atoms with van der Waals surface area (Å²) in [5, 5.41) is 3.08. The summed E-state index contributed by atoms with van der Waals surface area (Å²) in [4.78, 5) is 17.2. The molecule has 0 aliphatic carbocycles. The summed E-state index contributed by atoms with van der Waals surface area (Å²) >= 11 is 2.37. The van der Waals surface area contributed by atoms with Crippen LogP contribution in [0.2, 0.25) is 0 Å². The highest BCUT2D eigenvalue weighted by Gasteiger charge is 2.44. The summed E-state index contributed by atoms with van der Waals surface area (Å²) in [5.41, 5.74) is 7.64. The first-order valence-electron chi connectivity index (χ1n) is 9.89. The molecule has 3 aliphatic heterocycles. The number of anilines is 3. The van der Waals surface area contributed by atoms with Gasteiger partial charge in [0.15, 0.2) is 0 Å². The molecule has 3 aromatic rings. The van der Waals surface area contributed by atoms with Gasteiger partial charge >= 0.3 is 0 Å². The van der Waals surface area contributed by atoms with Gasteiger partial charge in [-0.25, -0.2) is 0 Å². The second-order valence-corrected chi connectivity index (χ2v) is 9.01. The molecule has 0 aromatic heterocycles. The Morgan fingerprint density at radius 1 is 0.933 bits per heavy atom. The van der Waals surface area contributed by atoms with Crippen LogP contribution in [0, 0.1) is 10.5 Å². The lowest BCUT2D eigenvalue weighted by atomic mass is 9.98. The molecule has 3 aromatic carbocycles. The highest BCUT2D eigenvalue weighted by Crippen LogP contribution is 2.53. The summed E-state index contributed by atoms with van der Waals surface area (Å²) in [6.45, 7) is 2.12. The smallest absolute Gasteiger partial charge is 0.258 e. The molecular formula is C25H18IN3O. The molecule has 3 aliphatic rings. The number of para-hydroxylation sites is 1. The SMILES string of the molecule is Cc1cccc(N2C3=CC=C4NC(=O)c5ccccc5N4C3c3cc(I)ccc32)c1. The number of nitrogens with zero attached hydrogens (tertiary/aromatic N) is 2. The van der Waals surface area contributed by atoms with E-state index in [1.165, 1.54) is 26.1 Å². The maximum absolute atomic E-state index is 12.6. The lowest BCUT2D eigenvalue weighted by molar-refractivity contribution is 0.0960. The minimum atomic E-state index is -0.0543. The molecule has 1 unspecified atom stereocenters. The van der Waals surface area contributed by atoms with Crippen molar-refractivity contribution in [3.05, 3.63) is 111 Å². The van der Waals surface area contributed by atoms with Gasteiger partial charge in [-0.1, -0.05) is 24.3 Å². The summed E-state index contributed by atoms with van der Waals surface area (Å²) in [5.74, 6) is 0.768. The minimum Gasteiger partial charge on any atom is -0.314 e. The van der Waals surface area contributed by atoms with Crippen molar-refractivity contribution in [3.8, 4) is 0 Å². The van der Waals surface area contributed by atoms with Crippen LogP contribution in [0.25, 0.3) is 0 Å². The third-order valence-electron chi connectivity index (χ3n) is 5.90. The molecule has 0 saturated heterocycles. The predicted octanol–water partition coefficient (Wildman–Crippen LogP) is 5.78. The first-order chi connectivity index (χ1) is 14.6. The van der Waals surface area contributed by atoms with E-state index in [1.807, 2.05) is 30.3 Å². The monoisotopic (exact) mass is 503 g/mol. The number of hydrogen-bond acceptors (Lipinski definition) is 3. The molecule has 6 rings (SSSR count). The van der Waals surface area contributed by atoms with Crippen molar-refractivity contribution >= 4 is 45.6 Å². The van der Waals surface area contributed by atoms with Crippen LogP contribution in [0.4, 0.5) is 17.1 Å². The van der Waals surface area contributed by atoms with Crippen LogP contribution >= 0.6 is 22.6 Å². The van der Waals surface area contributed by atoms with E-state index in [0.717, 1.165) is 17.2 Å². The van der Waals surface area contributed by atoms with Gasteiger partial charge in [-0.3, -0.25) is 4.79 Å². The Morgan fingerprint density at radius 3 is 2.67 bits per heavy atom. The Hall–Kier alpha value is -3.06. The zero-order valence-corrected chi connectivity index (χ0v) is 18.4. The molecule has 5 heteroatoms. The first-order valence-corrected chi connectivity index (χ1v) is 11.0. The largest absolute Gasteiger partial charge is 0.314 e. The summed E-state index contributed by atoms with van der Waals surface area (Å²) in [7, 11) is 0. The van der Waals surface area contributed by atoms with E-state index in [0.29, 0.717) is 5.56 Å². The molecule has 3 heterocycles. The minimum absolute atomic E-state index is 0.00280. The van der Waals surface area contributed by atoms with Crippen LogP contribution in [-0.2, 0) is 0 Å². The van der Waals surface area contributed by atoms with Crippen molar-refractivity contribution < 1.29 is 4.79 Å². The number of halogens is 1. The van der Waals surface area contributed by atoms with Gasteiger partial charge in [0.05, 0.1) is 22.6 Å². The molecule has 30 heavy (non-hydrogen) atoms. The standard InChI is InChI=1S/C25H18IN3O/c1-15-5-4-6-17(13-15)28-21-10-9-16(26)14-19(21)24-22(28)11-12-23-27-25(30)18-7-2-3-8-20(18)29(23)24/h2-14,24H,1H3,(H,27,30). The van der Waals surface area contributed by atoms with Gasteiger partial charge in [-0.05, 0) is 89.7 Å². The summed E-state index contributed by atoms with van der Waals surface area (Å²) in [6, 6.07) is 23.0. The van der Waals surface area contributed by atoms with Crippen molar-refractivity contribution in [2.75, 3.05) is 9.80 Å². The average Bonchev–Trinajstić information content (AvgIpc) is 3.07. The fourth-order valence-corrected chi connectivity index (χ4v) is 5.19. The fourth-order valence-electron chi connectivity index (χ4n) is 4.67. The molecule has 0 radical (unpaired) electrons. The molecule has 0 bridgehead atoms. The molecule has 146 valence electrons. The van der Waals surface area contributed by atoms with Crippen LogP contribution in [-0.4, -0.2) is 5.91 Å². The van der Waals surface area contributed by atoms with Crippen molar-refractivity contribution in [3.63, 3.8) is 0 Å². The summed E-state index contributed by atoms with van der Waals surface area (Å²) in [6.07, 6.45) is 4.15. The van der Waals surface area contributed by atoms with Gasteiger partial charge in [0.1, 0.15) is 11.9 Å². The number of allylic oxidation sites excluding steroid dienone is 2. The second-order valence-electron chi connectivity index (χ2n) is 7.76. The van der Waals surface area contributed by atoms with Crippen LogP contribution in [0.3, 0.4) is 0 Å². The zero-order valence-electron chi connectivity index (χ0n) is 16.3. The van der Waals surface area contributed by atoms with E-state index in [2.05, 4.69) is 93.2 Å². The summed E-state index contributed by atoms with van der Waals surface area (Å²) < 4.78 is 1.20. The number of amides is 1. The Morgan fingerprint density at radius 2 is 1.80 bits per heavy atom. The lowest BCUT2D eigenvalue weighted by Crippen LogP contribution is -2.44. The average molecular weight is 503 g/mol. The van der Waals surface area contributed by atoms with Crippen molar-refractivity contribution in [2.45, 2.75) is 13.0 Å². The van der Waals surface area contributed by atoms with Gasteiger partial charge in [-0.2, -0.15) is 0 Å². The second kappa shape index (κ2) is 6.47. The number of benzene rings is 3. The van der Waals surface area contributed by atoms with Crippen LogP contribution in [0.15, 0.2) is 90.4 Å². The van der Waals surface area contributed by atoms with Crippen molar-refractivity contribution in [1.29, 1.82) is 0 Å². The quantitative estimate of drug-likeness (QED) is 0.428. The van der Waals surface area contributed by atoms with Crippen molar-refractivity contribution in [1.82, 2.24) is 5.32 Å². The van der Waals surface area contributed by atoms with Gasteiger partial charge in [0.2, 0.25) is 0 Å². The predicted molar refractivity (Wildman–Crippen MR) is 128 cm³/mol. The lowest BCUT2D eigenvalue weighted by Gasteiger charge is -2.40. The Bertz CT molecular complexity index is 1290. The molecule has 4 nitrogen and oxygen atoms in total. The maximum atomic E-state index is 12.6. The van der Waals surface area contributed by atoms with Gasteiger partial charge < -0.3 is 15.1 Å². The van der Waals surface area contributed by atoms with Crippen LogP contribution < -0.4 is 15.1 Å². The van der Waals surface area contributed by atoms with Crippen LogP contribution in [0.1, 0.15) is 27.5 Å². The van der Waals surface area contributed by atoms with E-state index in [1.54, 1.807) is 0 Å². The number of rotatable bonds is 1. The van der Waals surface area contributed by atoms with E-state index >= 15 is 0 Å². The number of carbonyl (C=O) groups excluding carboxylic acids is 1. The molecule has 1 atom stereocenters. The Balaban J connectivity index is 1.61. The number of aryl methyl sites for hydroxylation is 1. The van der Waals surface area contributed by atoms with E-state index < -0.39 is 0 Å². The Kier molecular flexibility index (Phi) is 3.83. The Labute approximate surface area is 188 Å². The third-order valence-corrected chi connectivity index (χ3v) is 6.57. The van der Waals surface area contributed by atoms with E-state index in [4.69, 9.17) is 0 Å². The highest BCUT2D eigenvalue weighted by atomic mass is 127. The number of fused-ring (bicyclic) bond motifs is 7. The highest BCUT2D eigenvalue weighted by molar-refractivity contribution is 14.1. The van der Waals surface area contributed by atoms with Gasteiger partial charge in [0.25, 0.3) is 5.91 Å². The molecule has 0 saturated carbocycles. The molecular weight excluding hydrogens is 485 g/mol. The molecule has 0 spiro atoms. The number of carbonyl (C=O) groups is 1. The topological polar surface area (TPSA) is 35.6 Å². The van der Waals surface area contributed by atoms with Gasteiger partial charge in [0, 0.05) is 14.8 Å². The third kappa shape index (κ3) is 2.48. The van der Waals surface area contributed by atoms with Gasteiger partial charge in [-0.15, -0.1) is 0 Å². The van der Waals surface area contributed by atoms with E-state index in [-0.39, 0.29) is 11.9 Å². The normalized spacial score (nSPS) is 18.6. The van der Waals surface area contributed by atoms with E-state index in [9.17, 15) is 4.79 Å². The first kappa shape index (κ1) is 17.8. The van der Waals surface area contributed by atoms with Crippen molar-refractivity contribution in [2.24, 2.45) is 0 Å². The van der Waals surface area contributed by atoms with Crippen LogP contribution in [0.5, 0.6) is 0 Å². The zero-order chi connectivity index (χ0) is 20.4. The fraction of sp³-hybridized carbons (Fsp3) is 0.0800. The maximum Gasteiger partial charge on any atom is 0.258 e. The molecule has 1 amide bonds. The molecule has 0 fully saturated rings. The number of nitrogens with one attached hydrogen (secondary N) is 1.